The van der Waals surface area contributed by atoms with E-state index in [4.69, 9.17) is 4.74 Å². The van der Waals surface area contributed by atoms with Crippen LogP contribution in [0.4, 0.5) is 16.2 Å². The summed E-state index contributed by atoms with van der Waals surface area (Å²) in [5, 5.41) is 20.6. The van der Waals surface area contributed by atoms with Gasteiger partial charge < -0.3 is 14.7 Å². The van der Waals surface area contributed by atoms with Crippen LogP contribution in [-0.2, 0) is 9.53 Å². The highest BCUT2D eigenvalue weighted by atomic mass is 16.6. The number of carbonyl (C=O) groups is 3. The van der Waals surface area contributed by atoms with Crippen molar-refractivity contribution in [2.75, 3.05) is 24.5 Å². The molecule has 0 radical (unpaired) electrons. The van der Waals surface area contributed by atoms with Gasteiger partial charge >= 0.3 is 12.1 Å². The normalized spacial score (nSPS) is 17.4. The van der Waals surface area contributed by atoms with Crippen molar-refractivity contribution in [3.05, 3.63) is 33.9 Å². The summed E-state index contributed by atoms with van der Waals surface area (Å²) in [7, 11) is 0. The Morgan fingerprint density at radius 1 is 1.33 bits per heavy atom. The summed E-state index contributed by atoms with van der Waals surface area (Å²) in [5.74, 6) is -1.20. The lowest BCUT2D eigenvalue weighted by molar-refractivity contribution is -0.385. The molecule has 1 saturated heterocycles. The number of rotatable bonds is 4. The van der Waals surface area contributed by atoms with Gasteiger partial charge in [0.15, 0.2) is 6.29 Å². The van der Waals surface area contributed by atoms with E-state index in [9.17, 15) is 29.6 Å². The number of nitrogens with zero attached hydrogens (tertiary/aromatic N) is 3. The number of carboxylic acid groups (broad SMARTS) is 1. The Kier molecular flexibility index (Phi) is 5.67. The molecule has 27 heavy (non-hydrogen) atoms. The molecule has 0 aliphatic carbocycles. The number of hydrogen-bond donors (Lipinski definition) is 1. The molecule has 2 rings (SSSR count). The molecule has 10 heteroatoms. The quantitative estimate of drug-likeness (QED) is 0.477. The van der Waals surface area contributed by atoms with Crippen molar-refractivity contribution in [1.82, 2.24) is 4.90 Å². The van der Waals surface area contributed by atoms with Gasteiger partial charge in [0.25, 0.3) is 5.69 Å². The summed E-state index contributed by atoms with van der Waals surface area (Å²) >= 11 is 0. The summed E-state index contributed by atoms with van der Waals surface area (Å²) < 4.78 is 5.26. The Morgan fingerprint density at radius 2 is 2.00 bits per heavy atom. The van der Waals surface area contributed by atoms with Gasteiger partial charge in [0.05, 0.1) is 10.5 Å². The standard InChI is InChI=1S/C17H21N3O7/c1-17(2,3)27-16(24)19-7-6-18(9-14(19)15(22)23)12-5-4-11(10-21)13(8-12)20(25)26/h4-5,8,10,14H,6-7,9H2,1-3H3,(H,22,23)/t14-/m0/s1. The number of nitro benzene ring substituents is 1. The van der Waals surface area contributed by atoms with Crippen molar-refractivity contribution in [1.29, 1.82) is 0 Å². The molecule has 0 aromatic heterocycles. The van der Waals surface area contributed by atoms with Crippen molar-refractivity contribution in [3.63, 3.8) is 0 Å². The summed E-state index contributed by atoms with van der Waals surface area (Å²) in [6.45, 7) is 5.34. The molecule has 1 aliphatic heterocycles. The first-order valence-electron chi connectivity index (χ1n) is 8.24. The number of amides is 1. The minimum atomic E-state index is -1.20. The minimum Gasteiger partial charge on any atom is -0.480 e. The fourth-order valence-corrected chi connectivity index (χ4v) is 2.75. The highest BCUT2D eigenvalue weighted by molar-refractivity contribution is 5.84. The Bertz CT molecular complexity index is 772. The fourth-order valence-electron chi connectivity index (χ4n) is 2.75. The Labute approximate surface area is 155 Å². The largest absolute Gasteiger partial charge is 0.480 e. The van der Waals surface area contributed by atoms with Gasteiger partial charge in [-0.3, -0.25) is 19.8 Å². The Hall–Kier alpha value is -3.17. The van der Waals surface area contributed by atoms with E-state index in [-0.39, 0.29) is 30.9 Å². The van der Waals surface area contributed by atoms with Gasteiger partial charge in [-0.2, -0.15) is 0 Å². The van der Waals surface area contributed by atoms with Gasteiger partial charge in [-0.05, 0) is 32.9 Å². The zero-order chi connectivity index (χ0) is 20.4. The number of piperazine rings is 1. The van der Waals surface area contributed by atoms with E-state index in [2.05, 4.69) is 0 Å². The number of aldehydes is 1. The molecule has 1 aromatic rings. The molecule has 0 saturated carbocycles. The highest BCUT2D eigenvalue weighted by Crippen LogP contribution is 2.27. The predicted molar refractivity (Wildman–Crippen MR) is 95.1 cm³/mol. The van der Waals surface area contributed by atoms with Crippen molar-refractivity contribution < 1.29 is 29.2 Å². The number of anilines is 1. The second-order valence-corrected chi connectivity index (χ2v) is 7.09. The summed E-state index contributed by atoms with van der Waals surface area (Å²) in [6.07, 6.45) is -0.334. The number of carboxylic acids is 1. The first-order chi connectivity index (χ1) is 12.5. The average Bonchev–Trinajstić information content (AvgIpc) is 2.59. The van der Waals surface area contributed by atoms with Crippen LogP contribution in [0.5, 0.6) is 0 Å². The van der Waals surface area contributed by atoms with Crippen LogP contribution in [0.25, 0.3) is 0 Å². The maximum Gasteiger partial charge on any atom is 0.411 e. The lowest BCUT2D eigenvalue weighted by atomic mass is 10.1. The first-order valence-corrected chi connectivity index (χ1v) is 8.24. The van der Waals surface area contributed by atoms with Crippen molar-refractivity contribution in [2.24, 2.45) is 0 Å². The van der Waals surface area contributed by atoms with Gasteiger partial charge in [0, 0.05) is 31.4 Å². The van der Waals surface area contributed by atoms with E-state index in [1.54, 1.807) is 25.7 Å². The fraction of sp³-hybridized carbons (Fsp3) is 0.471. The third kappa shape index (κ3) is 4.72. The molecular weight excluding hydrogens is 358 g/mol. The number of benzene rings is 1. The van der Waals surface area contributed by atoms with Crippen LogP contribution in [-0.4, -0.2) is 64.6 Å². The van der Waals surface area contributed by atoms with Crippen molar-refractivity contribution in [2.45, 2.75) is 32.4 Å². The summed E-state index contributed by atoms with van der Waals surface area (Å²) in [4.78, 5) is 48.1. The summed E-state index contributed by atoms with van der Waals surface area (Å²) in [5.41, 5.74) is -0.778. The molecule has 1 heterocycles. The second kappa shape index (κ2) is 7.60. The van der Waals surface area contributed by atoms with Gasteiger partial charge in [-0.25, -0.2) is 9.59 Å². The molecular formula is C17H21N3O7. The third-order valence-electron chi connectivity index (χ3n) is 4.00. The van der Waals surface area contributed by atoms with E-state index in [0.717, 1.165) is 4.90 Å². The number of carbonyl (C=O) groups excluding carboxylic acids is 2. The van der Waals surface area contributed by atoms with E-state index >= 15 is 0 Å². The van der Waals surface area contributed by atoms with Crippen molar-refractivity contribution in [3.8, 4) is 0 Å². The van der Waals surface area contributed by atoms with Crippen molar-refractivity contribution >= 4 is 29.7 Å². The van der Waals surface area contributed by atoms with Crippen LogP contribution >= 0.6 is 0 Å². The molecule has 1 aliphatic rings. The van der Waals surface area contributed by atoms with E-state index in [1.165, 1.54) is 18.2 Å². The van der Waals surface area contributed by atoms with E-state index < -0.39 is 28.6 Å². The second-order valence-electron chi connectivity index (χ2n) is 7.09. The molecule has 1 aromatic carbocycles. The number of aliphatic carboxylic acids is 1. The van der Waals surface area contributed by atoms with Crippen LogP contribution < -0.4 is 4.90 Å². The average molecular weight is 379 g/mol. The van der Waals surface area contributed by atoms with Crippen LogP contribution in [0, 0.1) is 10.1 Å². The molecule has 1 fully saturated rings. The van der Waals surface area contributed by atoms with Gasteiger partial charge in [0.1, 0.15) is 11.6 Å². The smallest absolute Gasteiger partial charge is 0.411 e. The van der Waals surface area contributed by atoms with Crippen LogP contribution in [0.2, 0.25) is 0 Å². The highest BCUT2D eigenvalue weighted by Gasteiger charge is 2.38. The predicted octanol–water partition coefficient (Wildman–Crippen LogP) is 1.92. The molecule has 0 bridgehead atoms. The minimum absolute atomic E-state index is 0.0633. The molecule has 0 unspecified atom stereocenters. The third-order valence-corrected chi connectivity index (χ3v) is 4.00. The Balaban J connectivity index is 2.25. The van der Waals surface area contributed by atoms with E-state index in [0.29, 0.717) is 12.0 Å². The Morgan fingerprint density at radius 3 is 2.52 bits per heavy atom. The van der Waals surface area contributed by atoms with Gasteiger partial charge in [0.2, 0.25) is 0 Å². The zero-order valence-corrected chi connectivity index (χ0v) is 15.2. The maximum atomic E-state index is 12.3. The molecule has 1 N–H and O–H groups in total. The van der Waals surface area contributed by atoms with Gasteiger partial charge in [-0.1, -0.05) is 0 Å². The monoisotopic (exact) mass is 379 g/mol. The molecule has 1 atom stereocenters. The maximum absolute atomic E-state index is 12.3. The first kappa shape index (κ1) is 20.1. The number of ether oxygens (including phenoxy) is 1. The number of hydrogen-bond acceptors (Lipinski definition) is 7. The lowest BCUT2D eigenvalue weighted by Gasteiger charge is -2.40. The molecule has 1 amide bonds. The lowest BCUT2D eigenvalue weighted by Crippen LogP contribution is -2.59. The topological polar surface area (TPSA) is 130 Å². The zero-order valence-electron chi connectivity index (χ0n) is 15.2. The van der Waals surface area contributed by atoms with Crippen LogP contribution in [0.1, 0.15) is 31.1 Å². The molecule has 0 spiro atoms. The van der Waals surface area contributed by atoms with Gasteiger partial charge in [-0.15, -0.1) is 0 Å². The molecule has 146 valence electrons. The SMILES string of the molecule is CC(C)(C)OC(=O)N1CCN(c2ccc(C=O)c([N+](=O)[O-])c2)C[C@H]1C(=O)O. The molecule has 10 nitrogen and oxygen atoms in total. The number of nitro groups is 1. The van der Waals surface area contributed by atoms with E-state index in [1.807, 2.05) is 0 Å². The van der Waals surface area contributed by atoms with Crippen LogP contribution in [0.15, 0.2) is 18.2 Å². The van der Waals surface area contributed by atoms with Crippen LogP contribution in [0.3, 0.4) is 0 Å². The summed E-state index contributed by atoms with van der Waals surface area (Å²) in [6, 6.07) is 2.89.